The third kappa shape index (κ3) is 60.6. The van der Waals surface area contributed by atoms with Gasteiger partial charge in [0.25, 0.3) is 0 Å². The zero-order chi connectivity index (χ0) is 54.3. The standard InChI is InChI=1S/C69H114O6/c1-4-7-10-13-16-19-22-25-28-31-33-34-36-39-41-44-47-50-53-56-59-62-68(71)74-65-66(75-69(72)63-60-57-54-51-48-45-42-37-30-27-24-21-18-15-12-9-6-3)64-73-67(70)61-58-55-52-49-46-43-40-38-35-32-29-26-23-20-17-14-11-8-5-2/h8-9,11-12,17-18,20-21,26-27,29-30,35,38,42-43,45-46,51,54,66H,4-7,10,13-16,19,22-25,28,31-34,36-37,39-41,44,47-50,52-53,55-65H2,1-3H3/b11-8-,12-9-,20-17-,21-18-,29-26-,30-27-,38-35-,45-42-,46-43-,54-51-/t66-/m1/s1. The third-order valence-corrected chi connectivity index (χ3v) is 13.0. The highest BCUT2D eigenvalue weighted by atomic mass is 16.6. The lowest BCUT2D eigenvalue weighted by atomic mass is 10.0. The maximum Gasteiger partial charge on any atom is 0.306 e. The van der Waals surface area contributed by atoms with Crippen molar-refractivity contribution in [2.75, 3.05) is 13.2 Å². The Kier molecular flexibility index (Phi) is 58.9. The largest absolute Gasteiger partial charge is 0.462 e. The molecule has 0 aliphatic heterocycles. The Morgan fingerprint density at radius 3 is 0.853 bits per heavy atom. The molecule has 75 heavy (non-hydrogen) atoms. The summed E-state index contributed by atoms with van der Waals surface area (Å²) >= 11 is 0. The Balaban J connectivity index is 4.49. The molecule has 0 fully saturated rings. The molecule has 0 radical (unpaired) electrons. The molecule has 0 heterocycles. The highest BCUT2D eigenvalue weighted by Crippen LogP contribution is 2.16. The van der Waals surface area contributed by atoms with Gasteiger partial charge in [0.2, 0.25) is 0 Å². The topological polar surface area (TPSA) is 78.9 Å². The number of hydrogen-bond acceptors (Lipinski definition) is 6. The normalized spacial score (nSPS) is 12.9. The molecule has 0 spiro atoms. The van der Waals surface area contributed by atoms with Crippen molar-refractivity contribution < 1.29 is 28.6 Å². The number of esters is 3. The zero-order valence-electron chi connectivity index (χ0n) is 48.8. The van der Waals surface area contributed by atoms with Gasteiger partial charge in [-0.25, -0.2) is 0 Å². The monoisotopic (exact) mass is 1040 g/mol. The number of carbonyl (C=O) groups is 3. The van der Waals surface area contributed by atoms with Gasteiger partial charge in [-0.2, -0.15) is 0 Å². The molecule has 0 aliphatic carbocycles. The van der Waals surface area contributed by atoms with Crippen LogP contribution in [0, 0.1) is 0 Å². The van der Waals surface area contributed by atoms with Gasteiger partial charge in [0.05, 0.1) is 0 Å². The molecular formula is C69H114O6. The van der Waals surface area contributed by atoms with Crippen LogP contribution >= 0.6 is 0 Å². The third-order valence-electron chi connectivity index (χ3n) is 13.0. The molecular weight excluding hydrogens is 925 g/mol. The molecule has 0 aliphatic rings. The van der Waals surface area contributed by atoms with E-state index in [1.54, 1.807) is 0 Å². The first-order valence-electron chi connectivity index (χ1n) is 31.0. The molecule has 1 atom stereocenters. The smallest absolute Gasteiger partial charge is 0.306 e. The van der Waals surface area contributed by atoms with E-state index in [9.17, 15) is 14.4 Å². The fraction of sp³-hybridized carbons (Fsp3) is 0.667. The van der Waals surface area contributed by atoms with Gasteiger partial charge in [-0.05, 0) is 103 Å². The summed E-state index contributed by atoms with van der Waals surface area (Å²) in [6, 6.07) is 0. The SMILES string of the molecule is CC/C=C\C/C=C\C/C=C\C/C=C\C/C=C\CCCCCC(=O)OC[C@H](COC(=O)CCCCCCCCCCCCCCCCCCCCCCC)OC(=O)CCC/C=C\C/C=C\C/C=C\C/C=C\C/C=C\CC. The second-order valence-corrected chi connectivity index (χ2v) is 20.2. The summed E-state index contributed by atoms with van der Waals surface area (Å²) in [5.41, 5.74) is 0. The molecule has 0 unspecified atom stereocenters. The molecule has 0 aromatic rings. The van der Waals surface area contributed by atoms with Crippen molar-refractivity contribution in [2.24, 2.45) is 0 Å². The summed E-state index contributed by atoms with van der Waals surface area (Å²) in [6.45, 7) is 6.36. The van der Waals surface area contributed by atoms with E-state index in [0.717, 1.165) is 116 Å². The van der Waals surface area contributed by atoms with E-state index in [1.807, 2.05) is 0 Å². The molecule has 6 heteroatoms. The van der Waals surface area contributed by atoms with Crippen LogP contribution in [0.15, 0.2) is 122 Å². The lowest BCUT2D eigenvalue weighted by Crippen LogP contribution is -2.30. The summed E-state index contributed by atoms with van der Waals surface area (Å²) in [5.74, 6) is -1.000. The number of ether oxygens (including phenoxy) is 3. The number of carbonyl (C=O) groups excluding carboxylic acids is 3. The van der Waals surface area contributed by atoms with Crippen molar-refractivity contribution in [3.05, 3.63) is 122 Å². The fourth-order valence-corrected chi connectivity index (χ4v) is 8.39. The Morgan fingerprint density at radius 1 is 0.280 bits per heavy atom. The van der Waals surface area contributed by atoms with E-state index in [0.29, 0.717) is 19.3 Å². The van der Waals surface area contributed by atoms with Crippen LogP contribution in [0.2, 0.25) is 0 Å². The Hall–Kier alpha value is -4.19. The summed E-state index contributed by atoms with van der Waals surface area (Å²) in [4.78, 5) is 38.3. The molecule has 0 aromatic heterocycles. The maximum atomic E-state index is 12.9. The molecule has 0 bridgehead atoms. The van der Waals surface area contributed by atoms with Crippen LogP contribution in [0.4, 0.5) is 0 Å². The predicted octanol–water partition coefficient (Wildman–Crippen LogP) is 21.2. The van der Waals surface area contributed by atoms with E-state index in [2.05, 4.69) is 142 Å². The van der Waals surface area contributed by atoms with Crippen molar-refractivity contribution >= 4 is 17.9 Å². The van der Waals surface area contributed by atoms with E-state index in [-0.39, 0.29) is 37.5 Å². The number of hydrogen-bond donors (Lipinski definition) is 0. The van der Waals surface area contributed by atoms with Gasteiger partial charge in [0, 0.05) is 19.3 Å². The average Bonchev–Trinajstić information content (AvgIpc) is 3.41. The number of rotatable bonds is 55. The van der Waals surface area contributed by atoms with Crippen molar-refractivity contribution in [3.8, 4) is 0 Å². The minimum Gasteiger partial charge on any atom is -0.462 e. The lowest BCUT2D eigenvalue weighted by molar-refractivity contribution is -0.167. The first kappa shape index (κ1) is 70.8. The molecule has 0 saturated heterocycles. The van der Waals surface area contributed by atoms with Crippen LogP contribution in [-0.2, 0) is 28.6 Å². The van der Waals surface area contributed by atoms with Gasteiger partial charge in [-0.1, -0.05) is 277 Å². The summed E-state index contributed by atoms with van der Waals surface area (Å²) < 4.78 is 16.8. The van der Waals surface area contributed by atoms with Crippen molar-refractivity contribution in [1.29, 1.82) is 0 Å². The van der Waals surface area contributed by atoms with Crippen LogP contribution in [0.5, 0.6) is 0 Å². The van der Waals surface area contributed by atoms with Crippen LogP contribution in [0.1, 0.15) is 278 Å². The van der Waals surface area contributed by atoms with E-state index < -0.39 is 6.10 Å². The number of allylic oxidation sites excluding steroid dienone is 20. The Bertz CT molecular complexity index is 1570. The van der Waals surface area contributed by atoms with Crippen molar-refractivity contribution in [1.82, 2.24) is 0 Å². The van der Waals surface area contributed by atoms with E-state index in [1.165, 1.54) is 116 Å². The van der Waals surface area contributed by atoms with Gasteiger partial charge < -0.3 is 14.2 Å². The van der Waals surface area contributed by atoms with E-state index in [4.69, 9.17) is 14.2 Å². The first-order chi connectivity index (χ1) is 37.0. The molecule has 0 aromatic carbocycles. The minimum absolute atomic E-state index is 0.112. The second-order valence-electron chi connectivity index (χ2n) is 20.2. The lowest BCUT2D eigenvalue weighted by Gasteiger charge is -2.18. The van der Waals surface area contributed by atoms with Crippen molar-refractivity contribution in [3.63, 3.8) is 0 Å². The molecule has 0 amide bonds. The van der Waals surface area contributed by atoms with Crippen LogP contribution < -0.4 is 0 Å². The van der Waals surface area contributed by atoms with Gasteiger partial charge in [-0.3, -0.25) is 14.4 Å². The fourth-order valence-electron chi connectivity index (χ4n) is 8.39. The van der Waals surface area contributed by atoms with Gasteiger partial charge in [0.1, 0.15) is 13.2 Å². The Labute approximate surface area is 462 Å². The minimum atomic E-state index is -0.825. The van der Waals surface area contributed by atoms with Crippen LogP contribution in [-0.4, -0.2) is 37.2 Å². The highest BCUT2D eigenvalue weighted by molar-refractivity contribution is 5.71. The number of unbranched alkanes of at least 4 members (excludes halogenated alkanes) is 24. The van der Waals surface area contributed by atoms with Crippen LogP contribution in [0.25, 0.3) is 0 Å². The maximum absolute atomic E-state index is 12.9. The highest BCUT2D eigenvalue weighted by Gasteiger charge is 2.19. The quantitative estimate of drug-likeness (QED) is 0.0261. The molecule has 0 saturated carbocycles. The second kappa shape index (κ2) is 62.4. The van der Waals surface area contributed by atoms with Gasteiger partial charge in [0.15, 0.2) is 6.10 Å². The predicted molar refractivity (Wildman–Crippen MR) is 325 cm³/mol. The summed E-state index contributed by atoms with van der Waals surface area (Å²) in [5, 5.41) is 0. The van der Waals surface area contributed by atoms with Gasteiger partial charge in [-0.15, -0.1) is 0 Å². The zero-order valence-corrected chi connectivity index (χ0v) is 48.8. The van der Waals surface area contributed by atoms with E-state index >= 15 is 0 Å². The molecule has 426 valence electrons. The summed E-state index contributed by atoms with van der Waals surface area (Å²) in [6.07, 6.45) is 86.4. The molecule has 6 nitrogen and oxygen atoms in total. The average molecular weight is 1040 g/mol. The van der Waals surface area contributed by atoms with Gasteiger partial charge >= 0.3 is 17.9 Å². The Morgan fingerprint density at radius 2 is 0.533 bits per heavy atom. The molecule has 0 N–H and O–H groups in total. The molecule has 0 rings (SSSR count). The summed E-state index contributed by atoms with van der Waals surface area (Å²) in [7, 11) is 0. The first-order valence-corrected chi connectivity index (χ1v) is 31.0. The van der Waals surface area contributed by atoms with Crippen LogP contribution in [0.3, 0.4) is 0 Å². The van der Waals surface area contributed by atoms with Crippen molar-refractivity contribution in [2.45, 2.75) is 284 Å².